The van der Waals surface area contributed by atoms with Crippen molar-refractivity contribution in [2.45, 2.75) is 23.0 Å². The van der Waals surface area contributed by atoms with E-state index in [1.165, 1.54) is 17.7 Å². The first-order valence-corrected chi connectivity index (χ1v) is 5.64. The Morgan fingerprint density at radius 3 is 2.83 bits per heavy atom. The maximum absolute atomic E-state index is 5.69. The van der Waals surface area contributed by atoms with Crippen molar-refractivity contribution >= 4 is 33.4 Å². The Morgan fingerprint density at radius 1 is 1.42 bits per heavy atom. The maximum Gasteiger partial charge on any atom is 0.0326 e. The predicted molar refractivity (Wildman–Crippen MR) is 57.4 cm³/mol. The van der Waals surface area contributed by atoms with Gasteiger partial charge in [-0.25, -0.2) is 0 Å². The molecule has 1 fully saturated rings. The average Bonchev–Trinajstić information content (AvgIpc) is 2.81. The van der Waals surface area contributed by atoms with Gasteiger partial charge >= 0.3 is 0 Å². The van der Waals surface area contributed by atoms with Crippen molar-refractivity contribution in [3.05, 3.63) is 22.7 Å². The SMILES string of the molecule is Nc1ccc(Br)c(SC2CC2)c1. The molecule has 3 heteroatoms. The highest BCUT2D eigenvalue weighted by Gasteiger charge is 2.23. The number of nitrogens with two attached hydrogens (primary N) is 1. The molecule has 1 aliphatic carbocycles. The quantitative estimate of drug-likeness (QED) is 0.808. The normalized spacial score (nSPS) is 16.4. The Labute approximate surface area is 84.9 Å². The first-order chi connectivity index (χ1) is 5.75. The largest absolute Gasteiger partial charge is 0.399 e. The van der Waals surface area contributed by atoms with E-state index in [0.717, 1.165) is 15.4 Å². The third-order valence-electron chi connectivity index (χ3n) is 1.77. The minimum absolute atomic E-state index is 0.836. The second kappa shape index (κ2) is 3.30. The van der Waals surface area contributed by atoms with E-state index < -0.39 is 0 Å². The van der Waals surface area contributed by atoms with E-state index in [9.17, 15) is 0 Å². The van der Waals surface area contributed by atoms with Gasteiger partial charge in [-0.15, -0.1) is 11.8 Å². The molecule has 0 saturated heterocycles. The molecule has 0 heterocycles. The third kappa shape index (κ3) is 1.96. The van der Waals surface area contributed by atoms with Crippen LogP contribution in [0.2, 0.25) is 0 Å². The Balaban J connectivity index is 2.21. The highest BCUT2D eigenvalue weighted by molar-refractivity contribution is 9.10. The van der Waals surface area contributed by atoms with Crippen LogP contribution in [0.5, 0.6) is 0 Å². The van der Waals surface area contributed by atoms with E-state index in [-0.39, 0.29) is 0 Å². The van der Waals surface area contributed by atoms with E-state index in [4.69, 9.17) is 5.73 Å². The summed E-state index contributed by atoms with van der Waals surface area (Å²) < 4.78 is 1.16. The fraction of sp³-hybridized carbons (Fsp3) is 0.333. The fourth-order valence-corrected chi connectivity index (χ4v) is 2.62. The molecule has 1 aliphatic rings. The van der Waals surface area contributed by atoms with Crippen LogP contribution < -0.4 is 5.73 Å². The number of benzene rings is 1. The lowest BCUT2D eigenvalue weighted by molar-refractivity contribution is 1.38. The first-order valence-electron chi connectivity index (χ1n) is 3.97. The van der Waals surface area contributed by atoms with E-state index in [1.807, 2.05) is 30.0 Å². The van der Waals surface area contributed by atoms with Crippen LogP contribution in [0.15, 0.2) is 27.6 Å². The molecule has 0 aliphatic heterocycles. The molecule has 1 nitrogen and oxygen atoms in total. The van der Waals surface area contributed by atoms with Crippen molar-refractivity contribution in [1.82, 2.24) is 0 Å². The van der Waals surface area contributed by atoms with Gasteiger partial charge in [-0.3, -0.25) is 0 Å². The zero-order valence-electron chi connectivity index (χ0n) is 6.59. The molecule has 0 atom stereocenters. The Kier molecular flexibility index (Phi) is 2.33. The molecule has 1 saturated carbocycles. The van der Waals surface area contributed by atoms with Crippen molar-refractivity contribution in [2.24, 2.45) is 0 Å². The number of nitrogen functional groups attached to an aromatic ring is 1. The molecule has 12 heavy (non-hydrogen) atoms. The Hall–Kier alpha value is -0.150. The molecule has 0 unspecified atom stereocenters. The van der Waals surface area contributed by atoms with E-state index in [2.05, 4.69) is 15.9 Å². The third-order valence-corrected chi connectivity index (χ3v) is 4.12. The van der Waals surface area contributed by atoms with Crippen LogP contribution in [0.4, 0.5) is 5.69 Å². The van der Waals surface area contributed by atoms with Crippen LogP contribution in [0.1, 0.15) is 12.8 Å². The van der Waals surface area contributed by atoms with E-state index in [1.54, 1.807) is 0 Å². The highest BCUT2D eigenvalue weighted by Crippen LogP contribution is 2.42. The molecule has 1 aromatic carbocycles. The zero-order valence-corrected chi connectivity index (χ0v) is 8.99. The molecule has 2 rings (SSSR count). The summed E-state index contributed by atoms with van der Waals surface area (Å²) in [7, 11) is 0. The summed E-state index contributed by atoms with van der Waals surface area (Å²) >= 11 is 5.43. The minimum Gasteiger partial charge on any atom is -0.399 e. The Bertz CT molecular complexity index is 297. The first kappa shape index (κ1) is 8.45. The van der Waals surface area contributed by atoms with Crippen LogP contribution in [-0.2, 0) is 0 Å². The molecule has 2 N–H and O–H groups in total. The summed E-state index contributed by atoms with van der Waals surface area (Å²) in [5.41, 5.74) is 6.54. The van der Waals surface area contributed by atoms with Gasteiger partial charge in [-0.1, -0.05) is 0 Å². The van der Waals surface area contributed by atoms with Gasteiger partial charge in [0.15, 0.2) is 0 Å². The zero-order chi connectivity index (χ0) is 8.55. The van der Waals surface area contributed by atoms with Gasteiger partial charge < -0.3 is 5.73 Å². The van der Waals surface area contributed by atoms with Crippen LogP contribution in [0, 0.1) is 0 Å². The molecule has 0 spiro atoms. The number of thioether (sulfide) groups is 1. The summed E-state index contributed by atoms with van der Waals surface area (Å²) in [6.07, 6.45) is 2.71. The van der Waals surface area contributed by atoms with Crippen LogP contribution in [-0.4, -0.2) is 5.25 Å². The molecule has 0 bridgehead atoms. The lowest BCUT2D eigenvalue weighted by Crippen LogP contribution is -1.85. The number of halogens is 1. The fourth-order valence-electron chi connectivity index (χ4n) is 0.976. The monoisotopic (exact) mass is 243 g/mol. The van der Waals surface area contributed by atoms with Gasteiger partial charge in [-0.05, 0) is 47.0 Å². The minimum atomic E-state index is 0.836. The lowest BCUT2D eigenvalue weighted by Gasteiger charge is -2.03. The highest BCUT2D eigenvalue weighted by atomic mass is 79.9. The summed E-state index contributed by atoms with van der Waals surface area (Å²) in [5.74, 6) is 0. The van der Waals surface area contributed by atoms with Gasteiger partial charge in [0.25, 0.3) is 0 Å². The van der Waals surface area contributed by atoms with Crippen LogP contribution in [0.3, 0.4) is 0 Å². The summed E-state index contributed by atoms with van der Waals surface area (Å²) in [5, 5.41) is 0.836. The van der Waals surface area contributed by atoms with Crippen molar-refractivity contribution in [3.63, 3.8) is 0 Å². The second-order valence-corrected chi connectivity index (χ2v) is 5.20. The number of hydrogen-bond donors (Lipinski definition) is 1. The smallest absolute Gasteiger partial charge is 0.0326 e. The molecular weight excluding hydrogens is 234 g/mol. The van der Waals surface area contributed by atoms with Crippen LogP contribution >= 0.6 is 27.7 Å². The van der Waals surface area contributed by atoms with E-state index >= 15 is 0 Å². The average molecular weight is 244 g/mol. The summed E-state index contributed by atoms with van der Waals surface area (Å²) in [4.78, 5) is 1.28. The van der Waals surface area contributed by atoms with Gasteiger partial charge in [0.1, 0.15) is 0 Å². The number of hydrogen-bond acceptors (Lipinski definition) is 2. The standard InChI is InChI=1S/C9H10BrNS/c10-8-4-1-6(11)5-9(8)12-7-2-3-7/h1,4-5,7H,2-3,11H2. The molecule has 1 aromatic rings. The Morgan fingerprint density at radius 2 is 2.17 bits per heavy atom. The van der Waals surface area contributed by atoms with Crippen LogP contribution in [0.25, 0.3) is 0 Å². The predicted octanol–water partition coefficient (Wildman–Crippen LogP) is 3.29. The lowest BCUT2D eigenvalue weighted by atomic mass is 10.3. The van der Waals surface area contributed by atoms with E-state index in [0.29, 0.717) is 0 Å². The van der Waals surface area contributed by atoms with Crippen molar-refractivity contribution in [3.8, 4) is 0 Å². The molecular formula is C9H10BrNS. The van der Waals surface area contributed by atoms with Crippen molar-refractivity contribution < 1.29 is 0 Å². The topological polar surface area (TPSA) is 26.0 Å². The second-order valence-electron chi connectivity index (χ2n) is 3.01. The summed E-state index contributed by atoms with van der Waals surface area (Å²) in [6, 6.07) is 5.97. The number of rotatable bonds is 2. The molecule has 64 valence electrons. The van der Waals surface area contributed by atoms with Gasteiger partial charge in [-0.2, -0.15) is 0 Å². The number of anilines is 1. The van der Waals surface area contributed by atoms with Crippen molar-refractivity contribution in [2.75, 3.05) is 5.73 Å². The molecule has 0 radical (unpaired) electrons. The van der Waals surface area contributed by atoms with Gasteiger partial charge in [0, 0.05) is 20.3 Å². The maximum atomic E-state index is 5.69. The molecule has 0 amide bonds. The van der Waals surface area contributed by atoms with Crippen molar-refractivity contribution in [1.29, 1.82) is 0 Å². The molecule has 0 aromatic heterocycles. The summed E-state index contributed by atoms with van der Waals surface area (Å²) in [6.45, 7) is 0. The van der Waals surface area contributed by atoms with Gasteiger partial charge in [0.2, 0.25) is 0 Å². The van der Waals surface area contributed by atoms with Gasteiger partial charge in [0.05, 0.1) is 0 Å².